The lowest BCUT2D eigenvalue weighted by Crippen LogP contribution is -2.31. The highest BCUT2D eigenvalue weighted by atomic mass is 35.5. The van der Waals surface area contributed by atoms with Crippen molar-refractivity contribution in [3.8, 4) is 5.75 Å². The second-order valence-electron chi connectivity index (χ2n) is 4.70. The van der Waals surface area contributed by atoms with E-state index < -0.39 is 5.97 Å². The Hall–Kier alpha value is -2.44. The molecule has 0 aliphatic carbocycles. The fourth-order valence-electron chi connectivity index (χ4n) is 1.77. The van der Waals surface area contributed by atoms with Crippen LogP contribution >= 0.6 is 23.8 Å². The molecule has 0 heterocycles. The number of rotatable bonds is 5. The van der Waals surface area contributed by atoms with Crippen molar-refractivity contribution in [1.82, 2.24) is 10.7 Å². The molecule has 2 rings (SSSR count). The van der Waals surface area contributed by atoms with E-state index >= 15 is 0 Å². The van der Waals surface area contributed by atoms with E-state index in [1.807, 2.05) is 6.92 Å². The monoisotopic (exact) mass is 361 g/mol. The molecule has 0 unspecified atom stereocenters. The molecule has 0 aromatic heterocycles. The molecule has 2 aromatic carbocycles. The predicted octanol–water partition coefficient (Wildman–Crippen LogP) is 3.38. The lowest BCUT2D eigenvalue weighted by molar-refractivity contribution is 0.0735. The van der Waals surface area contributed by atoms with E-state index in [2.05, 4.69) is 15.8 Å². The molecule has 0 aliphatic heterocycles. The Bertz CT molecular complexity index is 748. The van der Waals surface area contributed by atoms with Crippen molar-refractivity contribution >= 4 is 41.1 Å². The van der Waals surface area contributed by atoms with Gasteiger partial charge in [-0.25, -0.2) is 4.79 Å². The Morgan fingerprint density at radius 1 is 1.29 bits per heavy atom. The van der Waals surface area contributed by atoms with Gasteiger partial charge in [0.2, 0.25) is 0 Å². The summed E-state index contributed by atoms with van der Waals surface area (Å²) in [6.07, 6.45) is 1.62. The standard InChI is InChI=1S/C17H16ClN3O2S/c1-2-19-17(24)21-20-11-12-6-8-15(9-7-12)23-16(22)13-4-3-5-14(18)10-13/h3-11H,2H2,1H3,(H2,19,21,24)/b20-11-. The fraction of sp³-hybridized carbons (Fsp3) is 0.118. The first-order valence-electron chi connectivity index (χ1n) is 7.23. The van der Waals surface area contributed by atoms with E-state index in [0.717, 1.165) is 12.1 Å². The number of thiocarbonyl (C=S) groups is 1. The van der Waals surface area contributed by atoms with Crippen molar-refractivity contribution in [3.05, 3.63) is 64.7 Å². The van der Waals surface area contributed by atoms with Crippen molar-refractivity contribution in [3.63, 3.8) is 0 Å². The molecule has 0 fully saturated rings. The number of esters is 1. The van der Waals surface area contributed by atoms with Gasteiger partial charge < -0.3 is 10.1 Å². The van der Waals surface area contributed by atoms with Crippen molar-refractivity contribution in [2.45, 2.75) is 6.92 Å². The zero-order valence-corrected chi connectivity index (χ0v) is 14.5. The van der Waals surface area contributed by atoms with E-state index in [0.29, 0.717) is 21.4 Å². The van der Waals surface area contributed by atoms with Gasteiger partial charge in [0.05, 0.1) is 11.8 Å². The number of nitrogens with zero attached hydrogens (tertiary/aromatic N) is 1. The SMILES string of the molecule is CCNC(=S)N/N=C\c1ccc(OC(=O)c2cccc(Cl)c2)cc1. The van der Waals surface area contributed by atoms with Crippen LogP contribution in [0.1, 0.15) is 22.8 Å². The summed E-state index contributed by atoms with van der Waals surface area (Å²) in [5.74, 6) is -0.0233. The lowest BCUT2D eigenvalue weighted by atomic mass is 10.2. The molecule has 0 saturated carbocycles. The number of benzene rings is 2. The van der Waals surface area contributed by atoms with Gasteiger partial charge in [-0.1, -0.05) is 17.7 Å². The van der Waals surface area contributed by atoms with Crippen molar-refractivity contribution in [2.75, 3.05) is 6.54 Å². The van der Waals surface area contributed by atoms with E-state index in [9.17, 15) is 4.79 Å². The maximum Gasteiger partial charge on any atom is 0.343 e. The van der Waals surface area contributed by atoms with E-state index in [1.165, 1.54) is 0 Å². The topological polar surface area (TPSA) is 62.7 Å². The quantitative estimate of drug-likeness (QED) is 0.281. The first kappa shape index (κ1) is 17.9. The summed E-state index contributed by atoms with van der Waals surface area (Å²) in [4.78, 5) is 12.0. The molecule has 2 aromatic rings. The van der Waals surface area contributed by atoms with Crippen molar-refractivity contribution in [1.29, 1.82) is 0 Å². The highest BCUT2D eigenvalue weighted by Gasteiger charge is 2.08. The Kier molecular flexibility index (Phi) is 6.72. The zero-order valence-electron chi connectivity index (χ0n) is 13.0. The van der Waals surface area contributed by atoms with Gasteiger partial charge in [-0.05, 0) is 67.2 Å². The molecule has 0 atom stereocenters. The van der Waals surface area contributed by atoms with Gasteiger partial charge in [0.25, 0.3) is 0 Å². The number of hydrogen-bond donors (Lipinski definition) is 2. The molecule has 0 amide bonds. The predicted molar refractivity (Wildman–Crippen MR) is 99.9 cm³/mol. The fourth-order valence-corrected chi connectivity index (χ4v) is 2.16. The van der Waals surface area contributed by atoms with Crippen LogP contribution in [0.2, 0.25) is 5.02 Å². The van der Waals surface area contributed by atoms with Crippen LogP contribution < -0.4 is 15.5 Å². The van der Waals surface area contributed by atoms with Gasteiger partial charge in [-0.15, -0.1) is 0 Å². The largest absolute Gasteiger partial charge is 0.423 e. The molecule has 0 spiro atoms. The highest BCUT2D eigenvalue weighted by Crippen LogP contribution is 2.16. The molecule has 124 valence electrons. The minimum atomic E-state index is -0.462. The lowest BCUT2D eigenvalue weighted by Gasteiger charge is -2.05. The maximum absolute atomic E-state index is 12.0. The summed E-state index contributed by atoms with van der Waals surface area (Å²) in [6, 6.07) is 13.5. The molecule has 7 heteroatoms. The zero-order chi connectivity index (χ0) is 17.4. The smallest absolute Gasteiger partial charge is 0.343 e. The molecule has 0 aliphatic rings. The van der Waals surface area contributed by atoms with Crippen LogP contribution in [0.25, 0.3) is 0 Å². The van der Waals surface area contributed by atoms with Gasteiger partial charge in [0.1, 0.15) is 5.75 Å². The van der Waals surface area contributed by atoms with Gasteiger partial charge in [0.15, 0.2) is 5.11 Å². The number of carbonyl (C=O) groups is 1. The molecule has 5 nitrogen and oxygen atoms in total. The Balaban J connectivity index is 1.93. The van der Waals surface area contributed by atoms with Crippen LogP contribution in [0, 0.1) is 0 Å². The summed E-state index contributed by atoms with van der Waals surface area (Å²) >= 11 is 10.9. The van der Waals surface area contributed by atoms with Gasteiger partial charge in [-0.3, -0.25) is 5.43 Å². The highest BCUT2D eigenvalue weighted by molar-refractivity contribution is 7.80. The molecule has 0 saturated heterocycles. The van der Waals surface area contributed by atoms with E-state index in [-0.39, 0.29) is 0 Å². The second kappa shape index (κ2) is 9.00. The molecular formula is C17H16ClN3O2S. The summed E-state index contributed by atoms with van der Waals surface area (Å²) in [5, 5.41) is 7.87. The minimum absolute atomic E-state index is 0.397. The average molecular weight is 362 g/mol. The average Bonchev–Trinajstić information content (AvgIpc) is 2.57. The van der Waals surface area contributed by atoms with E-state index in [1.54, 1.807) is 54.7 Å². The number of ether oxygens (including phenoxy) is 1. The minimum Gasteiger partial charge on any atom is -0.423 e. The third-order valence-electron chi connectivity index (χ3n) is 2.87. The van der Waals surface area contributed by atoms with Gasteiger partial charge in [0, 0.05) is 11.6 Å². The van der Waals surface area contributed by atoms with Crippen LogP contribution in [0.5, 0.6) is 5.75 Å². The van der Waals surface area contributed by atoms with Crippen LogP contribution in [-0.2, 0) is 0 Å². The first-order chi connectivity index (χ1) is 11.6. The second-order valence-corrected chi connectivity index (χ2v) is 5.54. The molecular weight excluding hydrogens is 346 g/mol. The van der Waals surface area contributed by atoms with Crippen LogP contribution in [0.3, 0.4) is 0 Å². The number of nitrogens with one attached hydrogen (secondary N) is 2. The van der Waals surface area contributed by atoms with Crippen LogP contribution in [-0.4, -0.2) is 23.8 Å². The Labute approximate surface area is 150 Å². The van der Waals surface area contributed by atoms with Crippen LogP contribution in [0.15, 0.2) is 53.6 Å². The maximum atomic E-state index is 12.0. The number of halogens is 1. The number of carbonyl (C=O) groups excluding carboxylic acids is 1. The van der Waals surface area contributed by atoms with Crippen molar-refractivity contribution in [2.24, 2.45) is 5.10 Å². The van der Waals surface area contributed by atoms with Crippen LogP contribution in [0.4, 0.5) is 0 Å². The normalized spacial score (nSPS) is 10.4. The summed E-state index contributed by atoms with van der Waals surface area (Å²) < 4.78 is 5.30. The van der Waals surface area contributed by atoms with E-state index in [4.69, 9.17) is 28.6 Å². The summed E-state index contributed by atoms with van der Waals surface area (Å²) in [7, 11) is 0. The molecule has 2 N–H and O–H groups in total. The third-order valence-corrected chi connectivity index (χ3v) is 3.34. The molecule has 24 heavy (non-hydrogen) atoms. The number of hydrazone groups is 1. The summed E-state index contributed by atoms with van der Waals surface area (Å²) in [5.41, 5.74) is 3.93. The number of hydrogen-bond acceptors (Lipinski definition) is 4. The first-order valence-corrected chi connectivity index (χ1v) is 8.02. The Morgan fingerprint density at radius 3 is 2.71 bits per heavy atom. The third kappa shape index (κ3) is 5.64. The summed E-state index contributed by atoms with van der Waals surface area (Å²) in [6.45, 7) is 2.68. The van der Waals surface area contributed by atoms with Gasteiger partial charge in [-0.2, -0.15) is 5.10 Å². The Morgan fingerprint density at radius 2 is 2.04 bits per heavy atom. The van der Waals surface area contributed by atoms with Crippen molar-refractivity contribution < 1.29 is 9.53 Å². The molecule has 0 radical (unpaired) electrons. The molecule has 0 bridgehead atoms. The van der Waals surface area contributed by atoms with Gasteiger partial charge >= 0.3 is 5.97 Å².